The van der Waals surface area contributed by atoms with Gasteiger partial charge in [0.1, 0.15) is 11.6 Å². The predicted octanol–water partition coefficient (Wildman–Crippen LogP) is 9.14. The van der Waals surface area contributed by atoms with Gasteiger partial charge in [0.25, 0.3) is 5.56 Å². The Kier molecular flexibility index (Phi) is 16.1. The molecular weight excluding hydrogens is 607 g/mol. The summed E-state index contributed by atoms with van der Waals surface area (Å²) in [7, 11) is 0. The Morgan fingerprint density at radius 2 is 1.58 bits per heavy atom. The number of halogens is 1. The summed E-state index contributed by atoms with van der Waals surface area (Å²) in [5.41, 5.74) is 3.38. The highest BCUT2D eigenvalue weighted by molar-refractivity contribution is 5.79. The molecule has 1 aromatic carbocycles. The number of carboxylic acids is 1. The molecule has 3 aromatic rings. The first-order valence-corrected chi connectivity index (χ1v) is 19.0. The van der Waals surface area contributed by atoms with Crippen LogP contribution in [0, 0.1) is 12.7 Å². The lowest BCUT2D eigenvalue weighted by Gasteiger charge is -2.31. The van der Waals surface area contributed by atoms with Crippen molar-refractivity contribution in [3.8, 4) is 0 Å². The van der Waals surface area contributed by atoms with Crippen molar-refractivity contribution in [2.24, 2.45) is 0 Å². The number of carbonyl (C=O) groups is 1. The second-order valence-corrected chi connectivity index (χ2v) is 14.0. The molecule has 8 nitrogen and oxygen atoms in total. The lowest BCUT2D eigenvalue weighted by atomic mass is 9.91. The number of nitrogens with zero attached hydrogens (tertiary/aromatic N) is 4. The van der Waals surface area contributed by atoms with Crippen molar-refractivity contribution in [1.82, 2.24) is 19.6 Å². The van der Waals surface area contributed by atoms with E-state index in [1.165, 1.54) is 82.8 Å². The van der Waals surface area contributed by atoms with E-state index in [9.17, 15) is 14.0 Å². The second-order valence-electron chi connectivity index (χ2n) is 14.0. The molecule has 0 unspecified atom stereocenters. The molecule has 2 aromatic heterocycles. The zero-order valence-corrected chi connectivity index (χ0v) is 29.6. The Morgan fingerprint density at radius 1 is 0.938 bits per heavy atom. The van der Waals surface area contributed by atoms with Gasteiger partial charge in [0, 0.05) is 54.6 Å². The molecule has 0 saturated carbocycles. The SMILES string of the molecule is CCCCCCCCCCCCCCCC(=O)O.Cc1nc2n(c(=O)c1CCN1CCC(c3noc4cc(F)ccc34)CC1)CCCC2. The number of fused-ring (bicyclic) bond motifs is 2. The fraction of sp³-hybridized carbons (Fsp3) is 0.692. The van der Waals surface area contributed by atoms with Gasteiger partial charge in [0.15, 0.2) is 5.58 Å². The van der Waals surface area contributed by atoms with Gasteiger partial charge in [-0.3, -0.25) is 14.2 Å². The first kappa shape index (κ1) is 37.7. The van der Waals surface area contributed by atoms with Crippen LogP contribution in [0.4, 0.5) is 4.39 Å². The zero-order chi connectivity index (χ0) is 34.1. The molecule has 1 N–H and O–H groups in total. The highest BCUT2D eigenvalue weighted by Gasteiger charge is 2.26. The molecule has 9 heteroatoms. The van der Waals surface area contributed by atoms with Crippen molar-refractivity contribution in [1.29, 1.82) is 0 Å². The molecule has 2 aliphatic heterocycles. The van der Waals surface area contributed by atoms with Crippen LogP contribution in [0.5, 0.6) is 0 Å². The minimum absolute atomic E-state index is 0.161. The van der Waals surface area contributed by atoms with Gasteiger partial charge in [-0.05, 0) is 70.7 Å². The number of rotatable bonds is 18. The Bertz CT molecular complexity index is 1460. The summed E-state index contributed by atoms with van der Waals surface area (Å²) in [6.07, 6.45) is 23.1. The molecule has 0 aliphatic carbocycles. The highest BCUT2D eigenvalue weighted by atomic mass is 19.1. The summed E-state index contributed by atoms with van der Waals surface area (Å²) < 4.78 is 20.6. The Labute approximate surface area is 286 Å². The topological polar surface area (TPSA) is 101 Å². The first-order valence-electron chi connectivity index (χ1n) is 19.0. The maximum atomic E-state index is 13.4. The van der Waals surface area contributed by atoms with E-state index < -0.39 is 5.97 Å². The fourth-order valence-corrected chi connectivity index (χ4v) is 7.24. The normalized spacial score (nSPS) is 15.3. The second kappa shape index (κ2) is 20.4. The van der Waals surface area contributed by atoms with Crippen molar-refractivity contribution in [3.63, 3.8) is 0 Å². The van der Waals surface area contributed by atoms with Crippen molar-refractivity contribution < 1.29 is 18.8 Å². The van der Waals surface area contributed by atoms with Gasteiger partial charge in [-0.2, -0.15) is 0 Å². The molecule has 0 bridgehead atoms. The largest absolute Gasteiger partial charge is 0.481 e. The number of likely N-dealkylation sites (tertiary alicyclic amines) is 1. The van der Waals surface area contributed by atoms with Crippen LogP contribution in [-0.4, -0.2) is 50.3 Å². The van der Waals surface area contributed by atoms with Crippen LogP contribution in [-0.2, 0) is 24.2 Å². The molecule has 1 saturated heterocycles. The molecule has 1 fully saturated rings. The summed E-state index contributed by atoms with van der Waals surface area (Å²) in [6.45, 7) is 7.81. The van der Waals surface area contributed by atoms with Crippen LogP contribution in [0.2, 0.25) is 0 Å². The smallest absolute Gasteiger partial charge is 0.303 e. The molecule has 0 radical (unpaired) electrons. The lowest BCUT2D eigenvalue weighted by molar-refractivity contribution is -0.137. The molecule has 0 spiro atoms. The number of piperidine rings is 1. The lowest BCUT2D eigenvalue weighted by Crippen LogP contribution is -2.37. The van der Waals surface area contributed by atoms with Crippen molar-refractivity contribution >= 4 is 16.9 Å². The number of aryl methyl sites for hydroxylation is 2. The van der Waals surface area contributed by atoms with Crippen LogP contribution in [0.25, 0.3) is 11.0 Å². The van der Waals surface area contributed by atoms with Gasteiger partial charge in [-0.25, -0.2) is 9.37 Å². The maximum Gasteiger partial charge on any atom is 0.303 e. The molecule has 0 amide bonds. The number of hydrogen-bond acceptors (Lipinski definition) is 6. The van der Waals surface area contributed by atoms with Gasteiger partial charge in [0.2, 0.25) is 0 Å². The molecular formula is C39H59FN4O4. The number of unbranched alkanes of at least 4 members (excludes halogenated alkanes) is 12. The Morgan fingerprint density at radius 3 is 2.23 bits per heavy atom. The third-order valence-corrected chi connectivity index (χ3v) is 10.2. The van der Waals surface area contributed by atoms with Crippen LogP contribution in [0.3, 0.4) is 0 Å². The van der Waals surface area contributed by atoms with Crippen LogP contribution >= 0.6 is 0 Å². The van der Waals surface area contributed by atoms with Gasteiger partial charge in [0.05, 0.1) is 5.69 Å². The number of carboxylic acid groups (broad SMARTS) is 1. The maximum absolute atomic E-state index is 13.4. The summed E-state index contributed by atoms with van der Waals surface area (Å²) in [5.74, 6) is 0.319. The average molecular weight is 667 g/mol. The zero-order valence-electron chi connectivity index (χ0n) is 29.6. The van der Waals surface area contributed by atoms with E-state index >= 15 is 0 Å². The van der Waals surface area contributed by atoms with E-state index in [1.807, 2.05) is 11.5 Å². The minimum atomic E-state index is -0.655. The molecule has 4 heterocycles. The number of aliphatic carboxylic acids is 1. The Balaban J connectivity index is 0.000000250. The Hall–Kier alpha value is -3.07. The van der Waals surface area contributed by atoms with Crippen LogP contribution in [0.1, 0.15) is 151 Å². The summed E-state index contributed by atoms with van der Waals surface area (Å²) in [6, 6.07) is 4.63. The van der Waals surface area contributed by atoms with Gasteiger partial charge in [-0.1, -0.05) is 89.1 Å². The van der Waals surface area contributed by atoms with E-state index in [1.54, 1.807) is 6.07 Å². The van der Waals surface area contributed by atoms with E-state index in [0.29, 0.717) is 17.9 Å². The third-order valence-electron chi connectivity index (χ3n) is 10.2. The molecule has 2 aliphatic rings. The molecule has 266 valence electrons. The van der Waals surface area contributed by atoms with Gasteiger partial charge < -0.3 is 14.5 Å². The number of aromatic nitrogens is 3. The van der Waals surface area contributed by atoms with E-state index in [0.717, 1.165) is 106 Å². The highest BCUT2D eigenvalue weighted by Crippen LogP contribution is 2.32. The van der Waals surface area contributed by atoms with Crippen LogP contribution in [0.15, 0.2) is 27.5 Å². The average Bonchev–Trinajstić information content (AvgIpc) is 3.50. The van der Waals surface area contributed by atoms with Crippen molar-refractivity contribution in [2.75, 3.05) is 19.6 Å². The van der Waals surface area contributed by atoms with E-state index in [2.05, 4.69) is 17.0 Å². The standard InChI is InChI=1S/C23H27FN4O2.C16H32O2/c1-15-18(23(29)28-10-3-2-4-21(28)25-15)9-13-27-11-7-16(8-12-27)22-19-6-5-17(24)14-20(19)30-26-22;1-2-3-4-5-6-7-8-9-10-11-12-13-14-15-16(17)18/h5-6,14,16H,2-4,7-13H2,1H3;2-15H2,1H3,(H,17,18). The summed E-state index contributed by atoms with van der Waals surface area (Å²) in [5, 5.41) is 13.6. The fourth-order valence-electron chi connectivity index (χ4n) is 7.24. The molecule has 48 heavy (non-hydrogen) atoms. The van der Waals surface area contributed by atoms with Crippen molar-refractivity contribution in [3.05, 3.63) is 57.1 Å². The van der Waals surface area contributed by atoms with E-state index in [-0.39, 0.29) is 11.4 Å². The first-order chi connectivity index (χ1) is 23.4. The number of hydrogen-bond donors (Lipinski definition) is 1. The van der Waals surface area contributed by atoms with E-state index in [4.69, 9.17) is 14.6 Å². The number of benzene rings is 1. The summed E-state index contributed by atoms with van der Waals surface area (Å²) >= 11 is 0. The van der Waals surface area contributed by atoms with Gasteiger partial charge >= 0.3 is 5.97 Å². The predicted molar refractivity (Wildman–Crippen MR) is 190 cm³/mol. The van der Waals surface area contributed by atoms with Crippen LogP contribution < -0.4 is 5.56 Å². The monoisotopic (exact) mass is 666 g/mol. The molecule has 0 atom stereocenters. The quantitative estimate of drug-likeness (QED) is 0.135. The third kappa shape index (κ3) is 11.8. The summed E-state index contributed by atoms with van der Waals surface area (Å²) in [4.78, 5) is 30.4. The molecule has 5 rings (SSSR count). The van der Waals surface area contributed by atoms with Crippen molar-refractivity contribution in [2.45, 2.75) is 155 Å². The minimum Gasteiger partial charge on any atom is -0.481 e. The van der Waals surface area contributed by atoms with Gasteiger partial charge in [-0.15, -0.1) is 0 Å².